The Kier molecular flexibility index (Phi) is 5.33. The van der Waals surface area contributed by atoms with Gasteiger partial charge in [0.05, 0.1) is 6.61 Å². The van der Waals surface area contributed by atoms with Gasteiger partial charge in [-0.25, -0.2) is 9.18 Å². The van der Waals surface area contributed by atoms with Gasteiger partial charge in [-0.3, -0.25) is 9.55 Å². The van der Waals surface area contributed by atoms with Gasteiger partial charge in [0, 0.05) is 30.0 Å². The van der Waals surface area contributed by atoms with E-state index in [1.54, 1.807) is 18.5 Å². The number of azide groups is 1. The Morgan fingerprint density at radius 1 is 1.52 bits per heavy atom. The third-order valence-electron chi connectivity index (χ3n) is 4.10. The van der Waals surface area contributed by atoms with Gasteiger partial charge in [-0.05, 0) is 23.2 Å². The van der Waals surface area contributed by atoms with Crippen molar-refractivity contribution in [2.45, 2.75) is 30.8 Å². The van der Waals surface area contributed by atoms with E-state index in [-0.39, 0.29) is 5.82 Å². The molecule has 1 saturated heterocycles. The molecular weight excluding hydrogens is 361 g/mol. The number of nitrogens with one attached hydrogen (secondary N) is 1. The van der Waals surface area contributed by atoms with Crippen LogP contribution in [0.25, 0.3) is 10.4 Å². The zero-order chi connectivity index (χ0) is 19.4. The fraction of sp³-hybridized carbons (Fsp3) is 0.400. The zero-order valence-corrected chi connectivity index (χ0v) is 13.9. The van der Waals surface area contributed by atoms with Crippen LogP contribution in [-0.4, -0.2) is 49.4 Å². The molecule has 11 nitrogen and oxygen atoms in total. The summed E-state index contributed by atoms with van der Waals surface area (Å²) in [5.74, 6) is 0.248. The first-order valence-corrected chi connectivity index (χ1v) is 7.90. The SMILES string of the molecule is [N-]=[N+]=N[C@]1(CO)O[C@@H](n2ccc(NCc3cccnc3)nc2=O)[C@@H](F)C1O. The van der Waals surface area contributed by atoms with E-state index in [1.165, 1.54) is 12.3 Å². The highest BCUT2D eigenvalue weighted by atomic mass is 19.1. The number of aromatic nitrogens is 3. The largest absolute Gasteiger partial charge is 0.393 e. The minimum atomic E-state index is -2.21. The number of anilines is 1. The van der Waals surface area contributed by atoms with Crippen LogP contribution < -0.4 is 11.0 Å². The predicted octanol–water partition coefficient (Wildman–Crippen LogP) is 0.477. The molecule has 3 rings (SSSR count). The van der Waals surface area contributed by atoms with Gasteiger partial charge in [0.2, 0.25) is 5.72 Å². The maximum atomic E-state index is 14.4. The number of hydrogen-bond donors (Lipinski definition) is 3. The molecule has 12 heteroatoms. The molecule has 0 radical (unpaired) electrons. The molecule has 2 aromatic rings. The number of ether oxygens (including phenoxy) is 1. The average molecular weight is 377 g/mol. The van der Waals surface area contributed by atoms with E-state index in [0.29, 0.717) is 6.54 Å². The highest BCUT2D eigenvalue weighted by Crippen LogP contribution is 2.39. The van der Waals surface area contributed by atoms with Crippen LogP contribution >= 0.6 is 0 Å². The van der Waals surface area contributed by atoms with Gasteiger partial charge in [0.15, 0.2) is 12.4 Å². The van der Waals surface area contributed by atoms with Crippen molar-refractivity contribution in [1.82, 2.24) is 14.5 Å². The Bertz CT molecular complexity index is 905. The quantitative estimate of drug-likeness (QED) is 0.375. The first kappa shape index (κ1) is 18.7. The number of alkyl halides is 1. The van der Waals surface area contributed by atoms with Crippen LogP contribution in [0.2, 0.25) is 0 Å². The molecule has 0 aliphatic carbocycles. The molecule has 142 valence electrons. The van der Waals surface area contributed by atoms with Gasteiger partial charge in [-0.2, -0.15) is 4.98 Å². The van der Waals surface area contributed by atoms with Crippen molar-refractivity contribution in [2.24, 2.45) is 5.11 Å². The fourth-order valence-corrected chi connectivity index (χ4v) is 2.68. The van der Waals surface area contributed by atoms with Crippen LogP contribution in [0.3, 0.4) is 0 Å². The summed E-state index contributed by atoms with van der Waals surface area (Å²) in [5, 5.41) is 25.4. The molecule has 0 saturated carbocycles. The van der Waals surface area contributed by atoms with E-state index in [9.17, 15) is 19.4 Å². The topological polar surface area (TPSA) is 158 Å². The lowest BCUT2D eigenvalue weighted by Crippen LogP contribution is -2.43. The van der Waals surface area contributed by atoms with Crippen LogP contribution in [0.1, 0.15) is 11.8 Å². The summed E-state index contributed by atoms with van der Waals surface area (Å²) in [4.78, 5) is 22.5. The molecule has 4 atom stereocenters. The smallest absolute Gasteiger partial charge is 0.351 e. The number of aliphatic hydroxyl groups excluding tert-OH is 2. The summed E-state index contributed by atoms with van der Waals surface area (Å²) < 4.78 is 20.5. The molecule has 0 aromatic carbocycles. The molecule has 0 amide bonds. The number of hydrogen-bond acceptors (Lipinski definition) is 8. The number of nitrogens with zero attached hydrogens (tertiary/aromatic N) is 6. The number of aliphatic hydroxyl groups is 2. The Morgan fingerprint density at radius 2 is 2.33 bits per heavy atom. The van der Waals surface area contributed by atoms with E-state index in [0.717, 1.165) is 10.1 Å². The third-order valence-corrected chi connectivity index (χ3v) is 4.10. The molecule has 1 aliphatic heterocycles. The molecule has 1 aliphatic rings. The van der Waals surface area contributed by atoms with Crippen molar-refractivity contribution in [1.29, 1.82) is 0 Å². The van der Waals surface area contributed by atoms with Gasteiger partial charge in [-0.15, -0.1) is 0 Å². The molecule has 27 heavy (non-hydrogen) atoms. The average Bonchev–Trinajstić information content (AvgIpc) is 2.93. The van der Waals surface area contributed by atoms with Crippen molar-refractivity contribution in [3.05, 3.63) is 63.3 Å². The maximum Gasteiger partial charge on any atom is 0.351 e. The van der Waals surface area contributed by atoms with E-state index in [1.807, 2.05) is 6.07 Å². The number of halogens is 1. The summed E-state index contributed by atoms with van der Waals surface area (Å²) in [5.41, 5.74) is 6.38. The van der Waals surface area contributed by atoms with Gasteiger partial charge in [-0.1, -0.05) is 11.2 Å². The van der Waals surface area contributed by atoms with Crippen LogP contribution in [0.15, 0.2) is 46.7 Å². The molecule has 3 N–H and O–H groups in total. The van der Waals surface area contributed by atoms with Crippen LogP contribution in [0, 0.1) is 0 Å². The molecule has 0 bridgehead atoms. The van der Waals surface area contributed by atoms with Crippen molar-refractivity contribution in [2.75, 3.05) is 11.9 Å². The molecule has 1 unspecified atom stereocenters. The maximum absolute atomic E-state index is 14.4. The number of rotatable bonds is 6. The lowest BCUT2D eigenvalue weighted by atomic mass is 10.1. The van der Waals surface area contributed by atoms with Crippen LogP contribution in [0.4, 0.5) is 10.2 Å². The normalized spacial score (nSPS) is 27.1. The van der Waals surface area contributed by atoms with Crippen molar-refractivity contribution in [3.8, 4) is 0 Å². The lowest BCUT2D eigenvalue weighted by molar-refractivity contribution is -0.124. The summed E-state index contributed by atoms with van der Waals surface area (Å²) in [7, 11) is 0. The van der Waals surface area contributed by atoms with Gasteiger partial charge < -0.3 is 20.3 Å². The van der Waals surface area contributed by atoms with Gasteiger partial charge in [0.1, 0.15) is 11.9 Å². The second-order valence-electron chi connectivity index (χ2n) is 5.81. The zero-order valence-electron chi connectivity index (χ0n) is 13.9. The highest BCUT2D eigenvalue weighted by molar-refractivity contribution is 5.33. The summed E-state index contributed by atoms with van der Waals surface area (Å²) in [6.07, 6.45) is -1.15. The first-order chi connectivity index (χ1) is 13.0. The summed E-state index contributed by atoms with van der Waals surface area (Å²) >= 11 is 0. The Labute approximate surface area is 151 Å². The molecule has 3 heterocycles. The molecule has 0 spiro atoms. The third kappa shape index (κ3) is 3.59. The van der Waals surface area contributed by atoms with Gasteiger partial charge >= 0.3 is 5.69 Å². The van der Waals surface area contributed by atoms with E-state index in [2.05, 4.69) is 25.3 Å². The summed E-state index contributed by atoms with van der Waals surface area (Å²) in [6.45, 7) is -0.582. The monoisotopic (exact) mass is 377 g/mol. The highest BCUT2D eigenvalue weighted by Gasteiger charge is 2.56. The van der Waals surface area contributed by atoms with E-state index < -0.39 is 36.5 Å². The Hall–Kier alpha value is -3.05. The summed E-state index contributed by atoms with van der Waals surface area (Å²) in [6, 6.07) is 5.03. The molecule has 2 aromatic heterocycles. The Balaban J connectivity index is 1.79. The van der Waals surface area contributed by atoms with Crippen LogP contribution in [0.5, 0.6) is 0 Å². The van der Waals surface area contributed by atoms with Gasteiger partial charge in [0.25, 0.3) is 0 Å². The number of pyridine rings is 1. The second kappa shape index (κ2) is 7.68. The van der Waals surface area contributed by atoms with E-state index >= 15 is 0 Å². The minimum absolute atomic E-state index is 0.248. The first-order valence-electron chi connectivity index (χ1n) is 7.90. The standard InChI is InChI=1S/C15H16FN7O4/c16-11-12(25)15(8-24,21-22-17)27-13(11)23-5-3-10(20-14(23)26)19-7-9-2-1-4-18-6-9/h1-6,11-13,24-25H,7-8H2,(H,19,20,26)/t11-,12?,13+,15+/m0/s1. The van der Waals surface area contributed by atoms with Crippen molar-refractivity contribution < 1.29 is 19.3 Å². The second-order valence-corrected chi connectivity index (χ2v) is 5.81. The lowest BCUT2D eigenvalue weighted by Gasteiger charge is -2.23. The van der Waals surface area contributed by atoms with Crippen molar-refractivity contribution >= 4 is 5.82 Å². The minimum Gasteiger partial charge on any atom is -0.393 e. The molecular formula is C15H16FN7O4. The fourth-order valence-electron chi connectivity index (χ4n) is 2.68. The molecule has 1 fully saturated rings. The Morgan fingerprint density at radius 3 is 2.96 bits per heavy atom. The van der Waals surface area contributed by atoms with Crippen molar-refractivity contribution in [3.63, 3.8) is 0 Å². The van der Waals surface area contributed by atoms with E-state index in [4.69, 9.17) is 10.3 Å². The van der Waals surface area contributed by atoms with Crippen LogP contribution in [-0.2, 0) is 11.3 Å². The predicted molar refractivity (Wildman–Crippen MR) is 90.0 cm³/mol.